The van der Waals surface area contributed by atoms with E-state index >= 15 is 0 Å². The Morgan fingerprint density at radius 2 is 2.22 bits per heavy atom. The van der Waals surface area contributed by atoms with Gasteiger partial charge in [-0.15, -0.1) is 11.3 Å². The monoisotopic (exact) mass is 402 g/mol. The molecular formula is C20H21ClN3O2S. The van der Waals surface area contributed by atoms with E-state index in [1.807, 2.05) is 25.1 Å². The first kappa shape index (κ1) is 18.4. The molecule has 141 valence electrons. The number of carbonyl (C=O) groups excluding carboxylic acids is 2. The van der Waals surface area contributed by atoms with Crippen LogP contribution in [0, 0.1) is 19.3 Å². The molecule has 1 aliphatic carbocycles. The highest BCUT2D eigenvalue weighted by molar-refractivity contribution is 7.15. The molecule has 0 bridgehead atoms. The number of likely N-dealkylation sites (tertiary alicyclic amines) is 1. The Bertz CT molecular complexity index is 928. The van der Waals surface area contributed by atoms with E-state index in [9.17, 15) is 9.59 Å². The molecule has 2 aliphatic rings. The van der Waals surface area contributed by atoms with Crippen molar-refractivity contribution in [3.05, 3.63) is 46.9 Å². The van der Waals surface area contributed by atoms with E-state index in [1.54, 1.807) is 11.0 Å². The summed E-state index contributed by atoms with van der Waals surface area (Å²) in [7, 11) is 0. The average molecular weight is 403 g/mol. The summed E-state index contributed by atoms with van der Waals surface area (Å²) in [4.78, 5) is 32.8. The number of hydrogen-bond acceptors (Lipinski definition) is 4. The van der Waals surface area contributed by atoms with E-state index in [0.717, 1.165) is 34.7 Å². The number of amides is 2. The number of carbonyl (C=O) groups is 2. The van der Waals surface area contributed by atoms with Crippen molar-refractivity contribution in [2.45, 2.75) is 44.7 Å². The van der Waals surface area contributed by atoms with Gasteiger partial charge >= 0.3 is 0 Å². The largest absolute Gasteiger partial charge is 0.369 e. The van der Waals surface area contributed by atoms with Gasteiger partial charge in [0.15, 0.2) is 0 Å². The quantitative estimate of drug-likeness (QED) is 0.847. The van der Waals surface area contributed by atoms with E-state index < -0.39 is 5.41 Å². The van der Waals surface area contributed by atoms with Crippen LogP contribution in [0.1, 0.15) is 41.2 Å². The number of thiazole rings is 1. The Kier molecular flexibility index (Phi) is 4.51. The smallest absolute Gasteiger partial charge is 0.274 e. The summed E-state index contributed by atoms with van der Waals surface area (Å²) < 4.78 is 0. The summed E-state index contributed by atoms with van der Waals surface area (Å²) in [5.41, 5.74) is 6.36. The number of aromatic nitrogens is 1. The molecule has 4 rings (SSSR count). The van der Waals surface area contributed by atoms with Gasteiger partial charge in [0, 0.05) is 17.1 Å². The van der Waals surface area contributed by atoms with Crippen LogP contribution >= 0.6 is 22.9 Å². The van der Waals surface area contributed by atoms with Crippen LogP contribution in [0.5, 0.6) is 0 Å². The van der Waals surface area contributed by atoms with Crippen molar-refractivity contribution in [1.82, 2.24) is 9.88 Å². The molecule has 2 aromatic rings. The molecule has 27 heavy (non-hydrogen) atoms. The van der Waals surface area contributed by atoms with E-state index in [2.05, 4.69) is 11.9 Å². The number of primary amides is 1. The molecule has 1 aromatic heterocycles. The normalized spacial score (nSPS) is 27.0. The number of benzene rings is 1. The third kappa shape index (κ3) is 2.86. The Morgan fingerprint density at radius 3 is 2.93 bits per heavy atom. The van der Waals surface area contributed by atoms with Crippen LogP contribution in [0.3, 0.4) is 0 Å². The summed E-state index contributed by atoms with van der Waals surface area (Å²) in [6.07, 6.45) is 2.91. The van der Waals surface area contributed by atoms with Crippen molar-refractivity contribution in [2.75, 3.05) is 0 Å². The molecule has 2 fully saturated rings. The maximum Gasteiger partial charge on any atom is 0.274 e. The summed E-state index contributed by atoms with van der Waals surface area (Å²) >= 11 is 7.60. The minimum Gasteiger partial charge on any atom is -0.369 e. The highest BCUT2D eigenvalue weighted by Gasteiger charge is 2.58. The molecular weight excluding hydrogens is 382 g/mol. The minimum absolute atomic E-state index is 0.177. The third-order valence-corrected chi connectivity index (χ3v) is 7.07. The minimum atomic E-state index is -0.649. The first-order valence-electron chi connectivity index (χ1n) is 9.02. The first-order chi connectivity index (χ1) is 12.8. The molecule has 0 spiro atoms. The highest BCUT2D eigenvalue weighted by atomic mass is 35.5. The second-order valence-electron chi connectivity index (χ2n) is 7.42. The van der Waals surface area contributed by atoms with Gasteiger partial charge in [-0.2, -0.15) is 0 Å². The van der Waals surface area contributed by atoms with Crippen LogP contribution in [0.15, 0.2) is 24.3 Å². The topological polar surface area (TPSA) is 76.3 Å². The van der Waals surface area contributed by atoms with Gasteiger partial charge in [0.1, 0.15) is 5.69 Å². The van der Waals surface area contributed by atoms with Crippen LogP contribution in [0.25, 0.3) is 10.4 Å². The summed E-state index contributed by atoms with van der Waals surface area (Å²) in [6.45, 7) is 6.03. The maximum atomic E-state index is 13.5. The van der Waals surface area contributed by atoms with Gasteiger partial charge in [-0.1, -0.05) is 30.2 Å². The molecule has 2 amide bonds. The highest BCUT2D eigenvalue weighted by Crippen LogP contribution is 2.51. The van der Waals surface area contributed by atoms with Crippen LogP contribution < -0.4 is 5.73 Å². The van der Waals surface area contributed by atoms with E-state index in [0.29, 0.717) is 17.1 Å². The van der Waals surface area contributed by atoms with Gasteiger partial charge in [-0.3, -0.25) is 9.59 Å². The zero-order valence-corrected chi connectivity index (χ0v) is 16.6. The molecule has 2 N–H and O–H groups in total. The van der Waals surface area contributed by atoms with Crippen molar-refractivity contribution in [1.29, 1.82) is 0 Å². The van der Waals surface area contributed by atoms with Crippen LogP contribution in [0.2, 0.25) is 5.02 Å². The predicted molar refractivity (Wildman–Crippen MR) is 106 cm³/mol. The molecule has 0 unspecified atom stereocenters. The second-order valence-corrected chi connectivity index (χ2v) is 9.06. The number of aryl methyl sites for hydroxylation is 1. The van der Waals surface area contributed by atoms with Gasteiger partial charge in [-0.25, -0.2) is 4.98 Å². The van der Waals surface area contributed by atoms with E-state index in [4.69, 9.17) is 17.3 Å². The van der Waals surface area contributed by atoms with Crippen molar-refractivity contribution < 1.29 is 9.59 Å². The number of nitrogens with zero attached hydrogens (tertiary/aromatic N) is 2. The number of nitrogens with two attached hydrogens (primary N) is 1. The Morgan fingerprint density at radius 1 is 1.44 bits per heavy atom. The lowest BCUT2D eigenvalue weighted by molar-refractivity contribution is -0.127. The number of rotatable bonds is 3. The molecule has 1 radical (unpaired) electrons. The van der Waals surface area contributed by atoms with Crippen LogP contribution in [-0.4, -0.2) is 33.8 Å². The Hall–Kier alpha value is -1.92. The van der Waals surface area contributed by atoms with Gasteiger partial charge in [-0.05, 0) is 50.8 Å². The van der Waals surface area contributed by atoms with Gasteiger partial charge < -0.3 is 10.6 Å². The average Bonchev–Trinajstić information content (AvgIpc) is 3.26. The number of halogens is 1. The first-order valence-corrected chi connectivity index (χ1v) is 10.2. The summed E-state index contributed by atoms with van der Waals surface area (Å²) in [6, 6.07) is 6.93. The number of fused-ring (bicyclic) bond motifs is 1. The second kappa shape index (κ2) is 6.60. The van der Waals surface area contributed by atoms with Gasteiger partial charge in [0.2, 0.25) is 5.91 Å². The predicted octanol–water partition coefficient (Wildman–Crippen LogP) is 3.84. The summed E-state index contributed by atoms with van der Waals surface area (Å²) in [5.74, 6) is -0.497. The fourth-order valence-corrected chi connectivity index (χ4v) is 5.78. The zero-order valence-electron chi connectivity index (χ0n) is 15.1. The zero-order chi connectivity index (χ0) is 19.3. The maximum absolute atomic E-state index is 13.5. The molecule has 3 atom stereocenters. The van der Waals surface area contributed by atoms with Crippen molar-refractivity contribution in [3.63, 3.8) is 0 Å². The molecule has 1 aliphatic heterocycles. The van der Waals surface area contributed by atoms with Crippen molar-refractivity contribution in [2.24, 2.45) is 11.1 Å². The van der Waals surface area contributed by atoms with Crippen molar-refractivity contribution in [3.8, 4) is 10.4 Å². The molecule has 7 heteroatoms. The molecule has 5 nitrogen and oxygen atoms in total. The van der Waals surface area contributed by atoms with Crippen LogP contribution in [-0.2, 0) is 4.79 Å². The fourth-order valence-electron chi connectivity index (χ4n) is 4.69. The number of hydrogen-bond donors (Lipinski definition) is 1. The molecule has 1 aromatic carbocycles. The van der Waals surface area contributed by atoms with Gasteiger partial charge in [0.25, 0.3) is 5.91 Å². The molecule has 2 heterocycles. The molecule has 1 saturated heterocycles. The van der Waals surface area contributed by atoms with E-state index in [-0.39, 0.29) is 23.9 Å². The fraction of sp³-hybridized carbons (Fsp3) is 0.400. The lowest BCUT2D eigenvalue weighted by atomic mass is 9.80. The summed E-state index contributed by atoms with van der Waals surface area (Å²) in [5, 5.41) is 1.41. The van der Waals surface area contributed by atoms with Crippen LogP contribution in [0.4, 0.5) is 0 Å². The van der Waals surface area contributed by atoms with Gasteiger partial charge in [0.05, 0.1) is 15.3 Å². The lowest BCUT2D eigenvalue weighted by Crippen LogP contribution is -2.46. The molecule has 1 saturated carbocycles. The Labute approximate surface area is 167 Å². The SMILES string of the molecule is [CH2][C@H]1C[C@@]2(C(N)=O)CCC[C@@H]2N1C(=O)c1nc(C)sc1-c1cccc(Cl)c1. The Balaban J connectivity index is 1.75. The lowest BCUT2D eigenvalue weighted by Gasteiger charge is -2.30. The van der Waals surface area contributed by atoms with Crippen molar-refractivity contribution >= 4 is 34.8 Å². The van der Waals surface area contributed by atoms with E-state index in [1.165, 1.54) is 11.3 Å². The standard InChI is InChI=1S/C20H21ClN3O2S/c1-11-10-20(19(22)26)8-4-7-15(20)24(11)18(25)16-17(27-12(2)23-16)13-5-3-6-14(21)9-13/h3,5-6,9,11,15H,1,4,7-8,10H2,2H3,(H2,22,26)/t11-,15-,20-/m0/s1. The third-order valence-electron chi connectivity index (χ3n) is 5.82.